The molecule has 0 fully saturated rings. The number of hydrogen-bond donors (Lipinski definition) is 8. The van der Waals surface area contributed by atoms with Crippen molar-refractivity contribution < 1.29 is 47.7 Å². The van der Waals surface area contributed by atoms with Gasteiger partial charge in [0.15, 0.2) is 0 Å². The number of rotatable bonds is 24. The zero-order valence-electron chi connectivity index (χ0n) is 55.0. The molecule has 0 atom stereocenters. The molecule has 0 saturated carbocycles. The van der Waals surface area contributed by atoms with Gasteiger partial charge in [0.25, 0.3) is 0 Å². The number of anilines is 8. The number of carbonyl (C=O) groups excluding carboxylic acids is 5. The monoisotopic (exact) mass is 1270 g/mol. The first-order chi connectivity index (χ1) is 45.5. The Morgan fingerprint density at radius 3 is 0.755 bits per heavy atom. The fourth-order valence-electron chi connectivity index (χ4n) is 11.0. The molecule has 0 unspecified atom stereocenters. The van der Waals surface area contributed by atoms with Gasteiger partial charge in [0, 0.05) is 122 Å². The van der Waals surface area contributed by atoms with Crippen LogP contribution in [0.1, 0.15) is 133 Å². The second-order valence-electron chi connectivity index (χ2n) is 23.6. The van der Waals surface area contributed by atoms with Gasteiger partial charge in [0.1, 0.15) is 23.0 Å². The molecule has 18 nitrogen and oxygen atoms in total. The fraction of sp³-hybridized carbons (Fsp3) is 0.303. The Morgan fingerprint density at radius 1 is 0.309 bits per heavy atom. The summed E-state index contributed by atoms with van der Waals surface area (Å²) < 4.78 is 33.1. The summed E-state index contributed by atoms with van der Waals surface area (Å²) in [4.78, 5) is 69.5. The van der Waals surface area contributed by atoms with Gasteiger partial charge in [-0.2, -0.15) is 0 Å². The van der Waals surface area contributed by atoms with E-state index < -0.39 is 24.1 Å². The molecule has 94 heavy (non-hydrogen) atoms. The van der Waals surface area contributed by atoms with Crippen LogP contribution < -0.4 is 61.5 Å². The summed E-state index contributed by atoms with van der Waals surface area (Å²) in [5.74, 6) is 1.88. The molecule has 8 aromatic carbocycles. The van der Waals surface area contributed by atoms with Gasteiger partial charge in [-0.05, 0) is 164 Å². The van der Waals surface area contributed by atoms with Crippen LogP contribution in [0.3, 0.4) is 0 Å². The van der Waals surface area contributed by atoms with Gasteiger partial charge in [0.2, 0.25) is 0 Å². The number of carbonyl (C=O) groups is 5. The molecular weight excluding hydrogens is 1180 g/mol. The number of unbranched alkanes of at least 4 members (excludes halogenated alkanes) is 1. The Hall–Kier alpha value is -10.5. The predicted octanol–water partition coefficient (Wildman–Crippen LogP) is 17.7. The van der Waals surface area contributed by atoms with E-state index in [1.54, 1.807) is 6.92 Å². The Bertz CT molecular complexity index is 3780. The molecule has 8 N–H and O–H groups in total. The van der Waals surface area contributed by atoms with Crippen molar-refractivity contribution in [3.05, 3.63) is 212 Å². The molecule has 0 heterocycles. The Labute approximate surface area is 551 Å². The molecule has 18 heteroatoms. The Kier molecular flexibility index (Phi) is 24.0. The summed E-state index contributed by atoms with van der Waals surface area (Å²) in [6, 6.07) is 43.4. The summed E-state index contributed by atoms with van der Waals surface area (Å²) in [6.07, 6.45) is 3.80. The summed E-state index contributed by atoms with van der Waals surface area (Å²) in [5, 5.41) is 24.5. The van der Waals surface area contributed by atoms with Crippen molar-refractivity contribution in [3.8, 4) is 23.0 Å². The molecule has 0 aromatic heterocycles. The maximum absolute atomic E-state index is 14.3. The smallest absolute Gasteiger partial charge is 0.323 e. The van der Waals surface area contributed by atoms with E-state index in [0.717, 1.165) is 22.3 Å². The first-order valence-corrected chi connectivity index (χ1v) is 32.4. The van der Waals surface area contributed by atoms with E-state index in [1.807, 2.05) is 194 Å². The lowest BCUT2D eigenvalue weighted by Gasteiger charge is -2.25. The van der Waals surface area contributed by atoms with Crippen molar-refractivity contribution >= 4 is 75.6 Å². The number of benzene rings is 8. The van der Waals surface area contributed by atoms with Crippen LogP contribution in [-0.2, 0) is 35.2 Å². The average molecular weight is 1270 g/mol. The molecule has 1 aliphatic carbocycles. The molecule has 8 amide bonds. The normalized spacial score (nSPS) is 11.5. The number of nitrogens with one attached hydrogen (secondary N) is 8. The van der Waals surface area contributed by atoms with E-state index in [-0.39, 0.29) is 51.3 Å². The largest absolute Gasteiger partial charge is 0.493 e. The van der Waals surface area contributed by atoms with Crippen LogP contribution in [0.4, 0.5) is 64.7 Å². The molecule has 8 aromatic rings. The molecule has 0 radical (unpaired) electrons. The number of amides is 8. The molecule has 9 rings (SSSR count). The third-order valence-corrected chi connectivity index (χ3v) is 15.4. The number of ether oxygens (including phenoxy) is 5. The van der Waals surface area contributed by atoms with Crippen LogP contribution >= 0.6 is 0 Å². The summed E-state index contributed by atoms with van der Waals surface area (Å²) >= 11 is 0. The first kappa shape index (κ1) is 67.9. The SMILES string of the molecule is CCCOc1c2cc(NC(=O)Nc3ccc(C)cc3)cc1Cc1cc(NC(=O)Nc3ccc(C)cc3)cc(c1OCCC)Cc1cc(NC(=O)Nc3ccc(C)cc3)cc(c1OCCCCC(=O)OCC)Cc1cc(NC(=O)Nc3ccc(C)cc3)cc(c1OCCC)C2. The van der Waals surface area contributed by atoms with Gasteiger partial charge in [-0.25, -0.2) is 19.2 Å². The number of urea groups is 4. The first-order valence-electron chi connectivity index (χ1n) is 32.4. The second kappa shape index (κ2) is 33.2. The third kappa shape index (κ3) is 19.5. The van der Waals surface area contributed by atoms with Crippen LogP contribution in [0.2, 0.25) is 0 Å². The molecule has 0 saturated heterocycles. The van der Waals surface area contributed by atoms with Gasteiger partial charge >= 0.3 is 30.1 Å². The molecule has 0 aliphatic heterocycles. The number of hydrogen-bond acceptors (Lipinski definition) is 10. The van der Waals surface area contributed by atoms with Crippen LogP contribution in [0.5, 0.6) is 23.0 Å². The van der Waals surface area contributed by atoms with Gasteiger partial charge < -0.3 is 66.2 Å². The maximum Gasteiger partial charge on any atom is 0.323 e. The van der Waals surface area contributed by atoms with E-state index in [1.165, 1.54) is 0 Å². The van der Waals surface area contributed by atoms with E-state index in [4.69, 9.17) is 23.7 Å². The van der Waals surface area contributed by atoms with Crippen molar-refractivity contribution in [1.29, 1.82) is 0 Å². The fourth-order valence-corrected chi connectivity index (χ4v) is 11.0. The van der Waals surface area contributed by atoms with Crippen molar-refractivity contribution in [2.75, 3.05) is 75.6 Å². The van der Waals surface area contributed by atoms with Crippen molar-refractivity contribution in [2.24, 2.45) is 0 Å². The van der Waals surface area contributed by atoms with Crippen molar-refractivity contribution in [1.82, 2.24) is 0 Å². The molecular formula is C76H86N8O10. The third-order valence-electron chi connectivity index (χ3n) is 15.4. The zero-order valence-corrected chi connectivity index (χ0v) is 55.0. The quantitative estimate of drug-likeness (QED) is 0.0211. The van der Waals surface area contributed by atoms with E-state index in [2.05, 4.69) is 42.5 Å². The highest BCUT2D eigenvalue weighted by Crippen LogP contribution is 2.43. The predicted molar refractivity (Wildman–Crippen MR) is 376 cm³/mol. The van der Waals surface area contributed by atoms with Gasteiger partial charge in [-0.15, -0.1) is 0 Å². The van der Waals surface area contributed by atoms with Crippen LogP contribution in [0.25, 0.3) is 0 Å². The summed E-state index contributed by atoms with van der Waals surface area (Å²) in [7, 11) is 0. The lowest BCUT2D eigenvalue weighted by Crippen LogP contribution is -2.21. The maximum atomic E-state index is 14.3. The number of esters is 1. The van der Waals surface area contributed by atoms with Gasteiger partial charge in [-0.1, -0.05) is 91.6 Å². The topological polar surface area (TPSA) is 228 Å². The van der Waals surface area contributed by atoms with E-state index >= 15 is 0 Å². The number of fused-ring (bicyclic) bond motifs is 8. The minimum Gasteiger partial charge on any atom is -0.493 e. The van der Waals surface area contributed by atoms with Gasteiger partial charge in [-0.3, -0.25) is 4.79 Å². The highest BCUT2D eigenvalue weighted by Gasteiger charge is 2.27. The molecule has 1 aliphatic rings. The molecule has 490 valence electrons. The zero-order chi connectivity index (χ0) is 66.5. The Balaban J connectivity index is 1.30. The number of aryl methyl sites for hydroxylation is 4. The summed E-state index contributed by atoms with van der Waals surface area (Å²) in [5.41, 5.74) is 13.8. The van der Waals surface area contributed by atoms with Crippen molar-refractivity contribution in [3.63, 3.8) is 0 Å². The molecule has 8 bridgehead atoms. The highest BCUT2D eigenvalue weighted by atomic mass is 16.5. The highest BCUT2D eigenvalue weighted by molar-refractivity contribution is 6.02. The Morgan fingerprint density at radius 2 is 0.532 bits per heavy atom. The van der Waals surface area contributed by atoms with Crippen LogP contribution in [-0.4, -0.2) is 63.1 Å². The van der Waals surface area contributed by atoms with E-state index in [0.29, 0.717) is 165 Å². The minimum atomic E-state index is -0.487. The standard InChI is InChI=1S/C76H86N8O10/c1-9-32-91-69-52-36-54-42-65(82-74(87)78-61-26-18-49(6)19-27-61)44-56(70(54)92-33-10-2)38-58-46-67(84-76(89)80-63-30-22-51(8)23-31-63)47-59(72(58)94-35-14-13-15-68(85)90-12-4)39-57-45-66(83-75(88)79-62-28-20-50(7)21-29-62)43-55(71(57)93-34-11-3)37-53(69)41-64(40-52)81-73(86)77-60-24-16-48(5)17-25-60/h16-31,40-47H,9-15,32-39H2,1-8H3,(H2,77,81,86)(H2,78,82,87)(H2,79,83,88)(H2,80,84,89). The minimum absolute atomic E-state index is 0.137. The lowest BCUT2D eigenvalue weighted by molar-refractivity contribution is -0.143. The lowest BCUT2D eigenvalue weighted by atomic mass is 9.90. The summed E-state index contributed by atoms with van der Waals surface area (Å²) in [6.45, 7) is 17.3. The second-order valence-corrected chi connectivity index (χ2v) is 23.6. The van der Waals surface area contributed by atoms with Crippen molar-refractivity contribution in [2.45, 2.75) is 120 Å². The van der Waals surface area contributed by atoms with Crippen LogP contribution in [0.15, 0.2) is 146 Å². The molecule has 0 spiro atoms. The van der Waals surface area contributed by atoms with Gasteiger partial charge in [0.05, 0.1) is 33.0 Å². The average Bonchev–Trinajstić information content (AvgIpc) is 0.777. The van der Waals surface area contributed by atoms with E-state index in [9.17, 15) is 24.0 Å². The van der Waals surface area contributed by atoms with Crippen LogP contribution in [0, 0.1) is 27.7 Å².